The third kappa shape index (κ3) is 3.78. The molecule has 0 fully saturated rings. The molecule has 104 valence electrons. The maximum Gasteiger partial charge on any atom is 0.136 e. The molecule has 3 nitrogen and oxygen atoms in total. The Hall–Kier alpha value is -1.94. The van der Waals surface area contributed by atoms with E-state index in [4.69, 9.17) is 18.0 Å². The topological polar surface area (TPSA) is 50.9 Å². The van der Waals surface area contributed by atoms with Gasteiger partial charge in [-0.2, -0.15) is 0 Å². The zero-order valence-corrected chi connectivity index (χ0v) is 12.6. The van der Waals surface area contributed by atoms with E-state index in [0.717, 1.165) is 23.5 Å². The zero-order chi connectivity index (χ0) is 14.5. The lowest BCUT2D eigenvalue weighted by molar-refractivity contribution is 0.783. The van der Waals surface area contributed by atoms with Gasteiger partial charge in [0.15, 0.2) is 0 Å². The SMILES string of the molecule is Cc1ccc(C(N)=S)c(NC(C)Cc2ccccc2)n1. The summed E-state index contributed by atoms with van der Waals surface area (Å²) in [7, 11) is 0. The lowest BCUT2D eigenvalue weighted by Crippen LogP contribution is -2.22. The van der Waals surface area contributed by atoms with E-state index in [2.05, 4.69) is 29.4 Å². The molecule has 0 aliphatic heterocycles. The Labute approximate surface area is 125 Å². The van der Waals surface area contributed by atoms with E-state index in [-0.39, 0.29) is 6.04 Å². The summed E-state index contributed by atoms with van der Waals surface area (Å²) in [5, 5.41) is 3.40. The molecule has 1 atom stereocenters. The molecule has 0 aliphatic carbocycles. The number of rotatable bonds is 5. The molecule has 1 aromatic heterocycles. The predicted molar refractivity (Wildman–Crippen MR) is 88.1 cm³/mol. The molecule has 4 heteroatoms. The van der Waals surface area contributed by atoms with Gasteiger partial charge in [0.25, 0.3) is 0 Å². The van der Waals surface area contributed by atoms with Crippen molar-refractivity contribution in [2.24, 2.45) is 5.73 Å². The Kier molecular flexibility index (Phi) is 4.69. The second-order valence-corrected chi connectivity index (χ2v) is 5.39. The fourth-order valence-corrected chi connectivity index (χ4v) is 2.28. The highest BCUT2D eigenvalue weighted by molar-refractivity contribution is 7.80. The third-order valence-electron chi connectivity index (χ3n) is 3.07. The Morgan fingerprint density at radius 2 is 1.95 bits per heavy atom. The first-order chi connectivity index (χ1) is 9.56. The number of benzene rings is 1. The van der Waals surface area contributed by atoms with E-state index >= 15 is 0 Å². The van der Waals surface area contributed by atoms with E-state index in [1.165, 1.54) is 5.56 Å². The minimum absolute atomic E-state index is 0.250. The lowest BCUT2D eigenvalue weighted by atomic mass is 10.1. The fourth-order valence-electron chi connectivity index (χ4n) is 2.12. The highest BCUT2D eigenvalue weighted by Crippen LogP contribution is 2.16. The van der Waals surface area contributed by atoms with E-state index in [1.54, 1.807) is 0 Å². The summed E-state index contributed by atoms with van der Waals surface area (Å²) in [4.78, 5) is 4.86. The van der Waals surface area contributed by atoms with Crippen molar-refractivity contribution in [2.45, 2.75) is 26.3 Å². The van der Waals surface area contributed by atoms with Crippen molar-refractivity contribution in [3.05, 3.63) is 59.3 Å². The molecule has 0 aliphatic rings. The number of nitrogens with zero attached hydrogens (tertiary/aromatic N) is 1. The first kappa shape index (κ1) is 14.5. The number of anilines is 1. The number of hydrogen-bond donors (Lipinski definition) is 2. The van der Waals surface area contributed by atoms with E-state index in [9.17, 15) is 0 Å². The van der Waals surface area contributed by atoms with Crippen molar-refractivity contribution in [1.29, 1.82) is 0 Å². The largest absolute Gasteiger partial charge is 0.389 e. The number of aryl methyl sites for hydroxylation is 1. The summed E-state index contributed by atoms with van der Waals surface area (Å²) >= 11 is 5.07. The molecule has 20 heavy (non-hydrogen) atoms. The maximum atomic E-state index is 5.74. The van der Waals surface area contributed by atoms with Crippen LogP contribution >= 0.6 is 12.2 Å². The molecule has 1 unspecified atom stereocenters. The molecular weight excluding hydrogens is 266 g/mol. The van der Waals surface area contributed by atoms with Crippen LogP contribution in [-0.2, 0) is 6.42 Å². The van der Waals surface area contributed by atoms with E-state index < -0.39 is 0 Å². The molecule has 0 spiro atoms. The quantitative estimate of drug-likeness (QED) is 0.829. The number of nitrogens with one attached hydrogen (secondary N) is 1. The van der Waals surface area contributed by atoms with Crippen LogP contribution < -0.4 is 11.1 Å². The lowest BCUT2D eigenvalue weighted by Gasteiger charge is -2.17. The molecule has 3 N–H and O–H groups in total. The number of aromatic nitrogens is 1. The van der Waals surface area contributed by atoms with Gasteiger partial charge in [-0.1, -0.05) is 42.5 Å². The van der Waals surface area contributed by atoms with Crippen molar-refractivity contribution in [3.8, 4) is 0 Å². The first-order valence-corrected chi connectivity index (χ1v) is 7.05. The summed E-state index contributed by atoms with van der Waals surface area (Å²) < 4.78 is 0. The van der Waals surface area contributed by atoms with Crippen LogP contribution in [0, 0.1) is 6.92 Å². The number of thiocarbonyl (C=S) groups is 1. The molecule has 1 aromatic carbocycles. The van der Waals surface area contributed by atoms with E-state index in [0.29, 0.717) is 4.99 Å². The second kappa shape index (κ2) is 6.48. The van der Waals surface area contributed by atoms with Crippen molar-refractivity contribution < 1.29 is 0 Å². The summed E-state index contributed by atoms with van der Waals surface area (Å²) in [6, 6.07) is 14.5. The highest BCUT2D eigenvalue weighted by atomic mass is 32.1. The normalized spacial score (nSPS) is 11.9. The fraction of sp³-hybridized carbons (Fsp3) is 0.250. The van der Waals surface area contributed by atoms with Crippen LogP contribution in [0.1, 0.15) is 23.7 Å². The molecule has 0 radical (unpaired) electrons. The van der Waals surface area contributed by atoms with Crippen LogP contribution in [0.15, 0.2) is 42.5 Å². The van der Waals surface area contributed by atoms with Crippen LogP contribution in [-0.4, -0.2) is 16.0 Å². The summed E-state index contributed by atoms with van der Waals surface area (Å²) in [5.74, 6) is 0.765. The standard InChI is InChI=1S/C16H19N3S/c1-11-8-9-14(15(17)20)16(18-11)19-12(2)10-13-6-4-3-5-7-13/h3-9,12H,10H2,1-2H3,(H2,17,20)(H,18,19). The average Bonchev–Trinajstić information content (AvgIpc) is 2.39. The van der Waals surface area contributed by atoms with Crippen LogP contribution in [0.3, 0.4) is 0 Å². The second-order valence-electron chi connectivity index (χ2n) is 4.95. The number of nitrogens with two attached hydrogens (primary N) is 1. The van der Waals surface area contributed by atoms with Gasteiger partial charge >= 0.3 is 0 Å². The summed E-state index contributed by atoms with van der Waals surface area (Å²) in [5.41, 5.74) is 8.77. The van der Waals surface area contributed by atoms with Gasteiger partial charge in [-0.3, -0.25) is 0 Å². The average molecular weight is 285 g/mol. The molecule has 0 saturated heterocycles. The van der Waals surface area contributed by atoms with Gasteiger partial charge < -0.3 is 11.1 Å². The van der Waals surface area contributed by atoms with Gasteiger partial charge in [-0.05, 0) is 38.0 Å². The van der Waals surface area contributed by atoms with Crippen LogP contribution in [0.25, 0.3) is 0 Å². The Balaban J connectivity index is 2.13. The molecule has 2 rings (SSSR count). The third-order valence-corrected chi connectivity index (χ3v) is 3.29. The number of pyridine rings is 1. The molecule has 1 heterocycles. The molecule has 0 saturated carbocycles. The van der Waals surface area contributed by atoms with Gasteiger partial charge in [0.05, 0.1) is 5.56 Å². The monoisotopic (exact) mass is 285 g/mol. The number of hydrogen-bond acceptors (Lipinski definition) is 3. The highest BCUT2D eigenvalue weighted by Gasteiger charge is 2.10. The molecule has 2 aromatic rings. The van der Waals surface area contributed by atoms with Crippen molar-refractivity contribution in [2.75, 3.05) is 5.32 Å². The minimum atomic E-state index is 0.250. The molecule has 0 amide bonds. The zero-order valence-electron chi connectivity index (χ0n) is 11.8. The van der Waals surface area contributed by atoms with Gasteiger partial charge in [0.1, 0.15) is 10.8 Å². The van der Waals surface area contributed by atoms with Gasteiger partial charge in [-0.25, -0.2) is 4.98 Å². The molecule has 0 bridgehead atoms. The van der Waals surface area contributed by atoms with E-state index in [1.807, 2.05) is 37.3 Å². The van der Waals surface area contributed by atoms with Crippen LogP contribution in [0.2, 0.25) is 0 Å². The van der Waals surface area contributed by atoms with Crippen LogP contribution in [0.4, 0.5) is 5.82 Å². The first-order valence-electron chi connectivity index (χ1n) is 6.64. The molecular formula is C16H19N3S. The van der Waals surface area contributed by atoms with Crippen LogP contribution in [0.5, 0.6) is 0 Å². The Morgan fingerprint density at radius 3 is 2.60 bits per heavy atom. The van der Waals surface area contributed by atoms with Gasteiger partial charge in [-0.15, -0.1) is 0 Å². The summed E-state index contributed by atoms with van der Waals surface area (Å²) in [6.07, 6.45) is 0.924. The van der Waals surface area contributed by atoms with Gasteiger partial charge in [0.2, 0.25) is 0 Å². The maximum absolute atomic E-state index is 5.74. The van der Waals surface area contributed by atoms with Gasteiger partial charge in [0, 0.05) is 11.7 Å². The summed E-state index contributed by atoms with van der Waals surface area (Å²) in [6.45, 7) is 4.08. The smallest absolute Gasteiger partial charge is 0.136 e. The Bertz CT molecular complexity index is 596. The van der Waals surface area contributed by atoms with Crippen molar-refractivity contribution in [1.82, 2.24) is 4.98 Å². The van der Waals surface area contributed by atoms with Crippen molar-refractivity contribution in [3.63, 3.8) is 0 Å². The minimum Gasteiger partial charge on any atom is -0.389 e. The Morgan fingerprint density at radius 1 is 1.25 bits per heavy atom. The van der Waals surface area contributed by atoms with Crippen molar-refractivity contribution >= 4 is 23.0 Å². The predicted octanol–water partition coefficient (Wildman–Crippen LogP) is 3.07.